The van der Waals surface area contributed by atoms with E-state index in [1.54, 1.807) is 24.4 Å². The molecule has 0 radical (unpaired) electrons. The van der Waals surface area contributed by atoms with Crippen LogP contribution in [0, 0.1) is 0 Å². The van der Waals surface area contributed by atoms with E-state index >= 15 is 0 Å². The van der Waals surface area contributed by atoms with Crippen LogP contribution in [0.5, 0.6) is 5.75 Å². The monoisotopic (exact) mass is 329 g/mol. The van der Waals surface area contributed by atoms with Crippen molar-refractivity contribution in [2.45, 2.75) is 0 Å². The van der Waals surface area contributed by atoms with Gasteiger partial charge in [0.15, 0.2) is 5.76 Å². The molecule has 1 aromatic heterocycles. The zero-order valence-electron chi connectivity index (χ0n) is 13.3. The summed E-state index contributed by atoms with van der Waals surface area (Å²) in [4.78, 5) is 14.0. The Morgan fingerprint density at radius 2 is 1.56 bits per heavy atom. The van der Waals surface area contributed by atoms with E-state index in [0.29, 0.717) is 5.76 Å². The molecule has 3 aromatic carbocycles. The van der Waals surface area contributed by atoms with Crippen LogP contribution in [-0.2, 0) is 0 Å². The molecule has 4 heteroatoms. The van der Waals surface area contributed by atoms with Crippen molar-refractivity contribution >= 4 is 0 Å². The van der Waals surface area contributed by atoms with Crippen LogP contribution in [-0.4, -0.2) is 10.1 Å². The van der Waals surface area contributed by atoms with Crippen molar-refractivity contribution in [2.75, 3.05) is 0 Å². The van der Waals surface area contributed by atoms with Crippen molar-refractivity contribution in [3.63, 3.8) is 0 Å². The smallest absolute Gasteiger partial charge is 0.416 e. The van der Waals surface area contributed by atoms with Crippen molar-refractivity contribution in [1.82, 2.24) is 4.98 Å². The van der Waals surface area contributed by atoms with E-state index in [4.69, 9.17) is 4.42 Å². The fourth-order valence-electron chi connectivity index (χ4n) is 2.90. The van der Waals surface area contributed by atoms with Gasteiger partial charge in [0.1, 0.15) is 5.75 Å². The zero-order valence-corrected chi connectivity index (χ0v) is 13.3. The van der Waals surface area contributed by atoms with Crippen molar-refractivity contribution in [3.8, 4) is 39.3 Å². The SMILES string of the molecule is O=c1[nH]cc(-c2cc(-c3ccccc3)ccc2-c2cccc(O)c2)o1. The van der Waals surface area contributed by atoms with Crippen LogP contribution < -0.4 is 5.76 Å². The summed E-state index contributed by atoms with van der Waals surface area (Å²) in [7, 11) is 0. The van der Waals surface area contributed by atoms with Crippen molar-refractivity contribution in [3.05, 3.63) is 89.5 Å². The van der Waals surface area contributed by atoms with Gasteiger partial charge in [-0.1, -0.05) is 54.6 Å². The highest BCUT2D eigenvalue weighted by atomic mass is 16.4. The topological polar surface area (TPSA) is 66.2 Å². The van der Waals surface area contributed by atoms with Gasteiger partial charge >= 0.3 is 5.76 Å². The van der Waals surface area contributed by atoms with Crippen LogP contribution in [0.3, 0.4) is 0 Å². The summed E-state index contributed by atoms with van der Waals surface area (Å²) in [5.74, 6) is 0.147. The minimum absolute atomic E-state index is 0.186. The molecule has 1 heterocycles. The molecule has 4 nitrogen and oxygen atoms in total. The molecule has 0 amide bonds. The fraction of sp³-hybridized carbons (Fsp3) is 0. The van der Waals surface area contributed by atoms with Gasteiger partial charge < -0.3 is 9.52 Å². The van der Waals surface area contributed by atoms with E-state index in [2.05, 4.69) is 4.98 Å². The number of H-pyrrole nitrogens is 1. The number of phenolic OH excluding ortho intramolecular Hbond substituents is 1. The Morgan fingerprint density at radius 3 is 2.28 bits per heavy atom. The number of oxazole rings is 1. The molecule has 0 fully saturated rings. The summed E-state index contributed by atoms with van der Waals surface area (Å²) in [6, 6.07) is 23.0. The third-order valence-corrected chi connectivity index (χ3v) is 4.07. The zero-order chi connectivity index (χ0) is 17.2. The number of hydrogen-bond donors (Lipinski definition) is 2. The molecule has 0 saturated carbocycles. The van der Waals surface area contributed by atoms with E-state index in [9.17, 15) is 9.90 Å². The van der Waals surface area contributed by atoms with Gasteiger partial charge in [-0.2, -0.15) is 0 Å². The quantitative estimate of drug-likeness (QED) is 0.574. The third kappa shape index (κ3) is 2.97. The van der Waals surface area contributed by atoms with E-state index in [-0.39, 0.29) is 5.75 Å². The van der Waals surface area contributed by atoms with E-state index in [0.717, 1.165) is 27.8 Å². The van der Waals surface area contributed by atoms with Gasteiger partial charge in [0.2, 0.25) is 0 Å². The highest BCUT2D eigenvalue weighted by molar-refractivity contribution is 5.85. The minimum atomic E-state index is -0.498. The second-order valence-corrected chi connectivity index (χ2v) is 5.72. The predicted octanol–water partition coefficient (Wildman–Crippen LogP) is 4.67. The second kappa shape index (κ2) is 6.17. The molecule has 0 aliphatic carbocycles. The number of rotatable bonds is 3. The molecule has 4 rings (SSSR count). The van der Waals surface area contributed by atoms with Crippen LogP contribution in [0.1, 0.15) is 0 Å². The Kier molecular flexibility index (Phi) is 3.71. The molecule has 0 atom stereocenters. The standard InChI is InChI=1S/C21H15NO3/c23-17-8-4-7-16(11-17)18-10-9-15(14-5-2-1-3-6-14)12-19(18)20-13-22-21(24)25-20/h1-13,23H,(H,22,24). The Labute approximate surface area is 144 Å². The number of hydrogen-bond acceptors (Lipinski definition) is 3. The summed E-state index contributed by atoms with van der Waals surface area (Å²) in [5.41, 5.74) is 4.59. The van der Waals surface area contributed by atoms with Crippen molar-refractivity contribution < 1.29 is 9.52 Å². The first-order valence-corrected chi connectivity index (χ1v) is 7.88. The Morgan fingerprint density at radius 1 is 0.760 bits per heavy atom. The highest BCUT2D eigenvalue weighted by Gasteiger charge is 2.13. The maximum atomic E-state index is 11.5. The van der Waals surface area contributed by atoms with Gasteiger partial charge in [-0.25, -0.2) is 4.79 Å². The average molecular weight is 329 g/mol. The first-order chi connectivity index (χ1) is 12.2. The molecule has 0 unspecified atom stereocenters. The Balaban J connectivity index is 1.94. The van der Waals surface area contributed by atoms with E-state index < -0.39 is 5.76 Å². The Hall–Kier alpha value is -3.53. The number of benzene rings is 3. The van der Waals surface area contributed by atoms with Crippen LogP contribution in [0.4, 0.5) is 0 Å². The fourth-order valence-corrected chi connectivity index (χ4v) is 2.90. The molecule has 2 N–H and O–H groups in total. The summed E-state index contributed by atoms with van der Waals surface area (Å²) < 4.78 is 5.28. The number of nitrogens with one attached hydrogen (secondary N) is 1. The molecular formula is C21H15NO3. The molecular weight excluding hydrogens is 314 g/mol. The molecule has 0 bridgehead atoms. The first kappa shape index (κ1) is 15.0. The van der Waals surface area contributed by atoms with Gasteiger partial charge in [0, 0.05) is 5.56 Å². The molecule has 0 saturated heterocycles. The highest BCUT2D eigenvalue weighted by Crippen LogP contribution is 2.36. The Bertz CT molecular complexity index is 1080. The lowest BCUT2D eigenvalue weighted by Crippen LogP contribution is -1.92. The number of phenols is 1. The lowest BCUT2D eigenvalue weighted by Gasteiger charge is -2.11. The normalized spacial score (nSPS) is 10.7. The molecule has 0 aliphatic heterocycles. The molecule has 122 valence electrons. The second-order valence-electron chi connectivity index (χ2n) is 5.72. The van der Waals surface area contributed by atoms with Gasteiger partial charge in [-0.15, -0.1) is 0 Å². The predicted molar refractivity (Wildman–Crippen MR) is 97.3 cm³/mol. The number of aromatic amines is 1. The van der Waals surface area contributed by atoms with E-state index in [1.807, 2.05) is 54.6 Å². The van der Waals surface area contributed by atoms with Gasteiger partial charge in [-0.3, -0.25) is 4.98 Å². The first-order valence-electron chi connectivity index (χ1n) is 7.88. The minimum Gasteiger partial charge on any atom is -0.508 e. The average Bonchev–Trinajstić information content (AvgIpc) is 3.08. The van der Waals surface area contributed by atoms with Crippen LogP contribution >= 0.6 is 0 Å². The summed E-state index contributed by atoms with van der Waals surface area (Å²) >= 11 is 0. The van der Waals surface area contributed by atoms with Gasteiger partial charge in [0.25, 0.3) is 0 Å². The molecule has 25 heavy (non-hydrogen) atoms. The van der Waals surface area contributed by atoms with Crippen molar-refractivity contribution in [1.29, 1.82) is 0 Å². The van der Waals surface area contributed by atoms with Crippen LogP contribution in [0.2, 0.25) is 0 Å². The summed E-state index contributed by atoms with van der Waals surface area (Å²) in [6.45, 7) is 0. The van der Waals surface area contributed by atoms with Gasteiger partial charge in [0.05, 0.1) is 6.20 Å². The lowest BCUT2D eigenvalue weighted by atomic mass is 9.94. The van der Waals surface area contributed by atoms with Crippen LogP contribution in [0.25, 0.3) is 33.6 Å². The summed E-state index contributed by atoms with van der Waals surface area (Å²) in [6.07, 6.45) is 1.55. The number of aromatic hydroxyl groups is 1. The van der Waals surface area contributed by atoms with E-state index in [1.165, 1.54) is 0 Å². The molecule has 0 aliphatic rings. The molecule has 0 spiro atoms. The number of aromatic nitrogens is 1. The van der Waals surface area contributed by atoms with Crippen LogP contribution in [0.15, 0.2) is 88.2 Å². The lowest BCUT2D eigenvalue weighted by molar-refractivity contribution is 0.475. The van der Waals surface area contributed by atoms with Gasteiger partial charge in [-0.05, 0) is 40.5 Å². The maximum absolute atomic E-state index is 11.5. The largest absolute Gasteiger partial charge is 0.508 e. The maximum Gasteiger partial charge on any atom is 0.416 e. The van der Waals surface area contributed by atoms with Crippen molar-refractivity contribution in [2.24, 2.45) is 0 Å². The summed E-state index contributed by atoms with van der Waals surface area (Å²) in [5, 5.41) is 9.79. The molecule has 4 aromatic rings. The third-order valence-electron chi connectivity index (χ3n) is 4.07.